The predicted molar refractivity (Wildman–Crippen MR) is 242 cm³/mol. The summed E-state index contributed by atoms with van der Waals surface area (Å²) < 4.78 is 22.5. The van der Waals surface area contributed by atoms with Crippen LogP contribution in [-0.4, -0.2) is 121 Å². The SMILES string of the molecule is CN(C(=O)Cc1cccc2occc12)[C@@H]1CCCC[C@H]1N1CCC(COC(=O)CCC(=O)OCC2CCN([C@H]3CCCC[C@@H]3N(C)C(=O)Cc3cccc4occc34)C2)C1.Cl.Cl. The normalized spacial score (nSPS) is 24.3. The number of rotatable bonds is 15. The molecule has 2 aromatic heterocycles. The lowest BCUT2D eigenvalue weighted by Crippen LogP contribution is -2.53. The molecule has 2 saturated carbocycles. The zero-order valence-corrected chi connectivity index (χ0v) is 37.9. The summed E-state index contributed by atoms with van der Waals surface area (Å²) in [7, 11) is 3.90. The van der Waals surface area contributed by atoms with Crippen molar-refractivity contribution in [1.82, 2.24) is 19.6 Å². The van der Waals surface area contributed by atoms with Crippen LogP contribution in [0.2, 0.25) is 0 Å². The molecule has 4 aliphatic rings. The maximum absolute atomic E-state index is 13.6. The third-order valence-corrected chi connectivity index (χ3v) is 14.1. The Morgan fingerprint density at radius 1 is 0.597 bits per heavy atom. The number of esters is 2. The third-order valence-electron chi connectivity index (χ3n) is 14.1. The molecule has 0 bridgehead atoms. The van der Waals surface area contributed by atoms with Crippen LogP contribution in [0.3, 0.4) is 0 Å². The minimum Gasteiger partial charge on any atom is -0.465 e. The highest BCUT2D eigenvalue weighted by Crippen LogP contribution is 2.33. The number of likely N-dealkylation sites (tertiary alicyclic amines) is 2. The smallest absolute Gasteiger partial charge is 0.306 e. The van der Waals surface area contributed by atoms with Crippen LogP contribution in [0.15, 0.2) is 69.9 Å². The van der Waals surface area contributed by atoms with Crippen molar-refractivity contribution in [3.05, 3.63) is 72.2 Å². The van der Waals surface area contributed by atoms with Gasteiger partial charge in [0.1, 0.15) is 11.2 Å². The first-order valence-corrected chi connectivity index (χ1v) is 22.4. The highest BCUT2D eigenvalue weighted by atomic mass is 35.5. The van der Waals surface area contributed by atoms with E-state index in [1.54, 1.807) is 12.5 Å². The molecule has 4 fully saturated rings. The van der Waals surface area contributed by atoms with Crippen molar-refractivity contribution >= 4 is 70.5 Å². The van der Waals surface area contributed by atoms with Gasteiger partial charge in [-0.1, -0.05) is 49.9 Å². The summed E-state index contributed by atoms with van der Waals surface area (Å²) in [5.74, 6) is -0.0314. The summed E-state index contributed by atoms with van der Waals surface area (Å²) in [6.45, 7) is 4.19. The zero-order chi connectivity index (χ0) is 41.6. The Kier molecular flexibility index (Phi) is 16.8. The molecule has 12 nitrogen and oxygen atoms in total. The summed E-state index contributed by atoms with van der Waals surface area (Å²) in [6, 6.07) is 16.5. The second-order valence-electron chi connectivity index (χ2n) is 17.9. The maximum Gasteiger partial charge on any atom is 0.306 e. The van der Waals surface area contributed by atoms with Gasteiger partial charge < -0.3 is 28.1 Å². The van der Waals surface area contributed by atoms with Crippen LogP contribution in [0.1, 0.15) is 88.2 Å². The van der Waals surface area contributed by atoms with Crippen LogP contribution in [0.5, 0.6) is 0 Å². The van der Waals surface area contributed by atoms with E-state index in [1.807, 2.05) is 72.4 Å². The number of likely N-dealkylation sites (N-methyl/N-ethyl adjacent to an activating group) is 2. The first-order chi connectivity index (χ1) is 29.2. The van der Waals surface area contributed by atoms with Gasteiger partial charge in [0.15, 0.2) is 0 Å². The Morgan fingerprint density at radius 3 is 1.45 bits per heavy atom. The van der Waals surface area contributed by atoms with Gasteiger partial charge >= 0.3 is 11.9 Å². The molecule has 6 atom stereocenters. The molecule has 0 spiro atoms. The van der Waals surface area contributed by atoms with Gasteiger partial charge in [0.05, 0.1) is 51.4 Å². The predicted octanol–water partition coefficient (Wildman–Crippen LogP) is 7.86. The number of hydrogen-bond donors (Lipinski definition) is 0. The fourth-order valence-electron chi connectivity index (χ4n) is 10.7. The van der Waals surface area contributed by atoms with Crippen molar-refractivity contribution in [1.29, 1.82) is 0 Å². The zero-order valence-electron chi connectivity index (χ0n) is 36.3. The molecular formula is C48H64Cl2N4O8. The van der Waals surface area contributed by atoms with Crippen molar-refractivity contribution in [2.75, 3.05) is 53.5 Å². The van der Waals surface area contributed by atoms with E-state index in [2.05, 4.69) is 9.80 Å². The lowest BCUT2D eigenvalue weighted by Gasteiger charge is -2.42. The van der Waals surface area contributed by atoms with Gasteiger partial charge in [0.2, 0.25) is 11.8 Å². The van der Waals surface area contributed by atoms with Crippen molar-refractivity contribution in [2.45, 2.75) is 114 Å². The van der Waals surface area contributed by atoms with Crippen LogP contribution in [0.25, 0.3) is 21.9 Å². The number of fused-ring (bicyclic) bond motifs is 2. The Bertz CT molecular complexity index is 1980. The van der Waals surface area contributed by atoms with Crippen molar-refractivity contribution in [3.63, 3.8) is 0 Å². The molecule has 0 N–H and O–H groups in total. The molecule has 2 aromatic carbocycles. The molecule has 4 heterocycles. The highest BCUT2D eigenvalue weighted by molar-refractivity contribution is 5.89. The first-order valence-electron chi connectivity index (χ1n) is 22.4. The molecule has 2 aliphatic carbocycles. The first kappa shape index (κ1) is 47.4. The van der Waals surface area contributed by atoms with Gasteiger partial charge in [0.25, 0.3) is 0 Å². The molecule has 2 unspecified atom stereocenters. The fourth-order valence-corrected chi connectivity index (χ4v) is 10.7. The Balaban J connectivity index is 0.00000321. The minimum absolute atomic E-state index is 0. The van der Waals surface area contributed by atoms with Crippen molar-refractivity contribution in [2.24, 2.45) is 11.8 Å². The number of hydrogen-bond acceptors (Lipinski definition) is 10. The number of furan rings is 2. The average molecular weight is 896 g/mol. The van der Waals surface area contributed by atoms with E-state index in [1.165, 1.54) is 0 Å². The summed E-state index contributed by atoms with van der Waals surface area (Å²) in [5, 5.41) is 1.98. The molecule has 8 rings (SSSR count). The van der Waals surface area contributed by atoms with Gasteiger partial charge in [-0.25, -0.2) is 0 Å². The summed E-state index contributed by atoms with van der Waals surface area (Å²) in [6.07, 6.45) is 14.5. The summed E-state index contributed by atoms with van der Waals surface area (Å²) in [5.41, 5.74) is 3.58. The van der Waals surface area contributed by atoms with Gasteiger partial charge in [-0.05, 0) is 87.0 Å². The molecule has 2 aliphatic heterocycles. The second kappa shape index (κ2) is 22.0. The van der Waals surface area contributed by atoms with Crippen LogP contribution in [-0.2, 0) is 41.5 Å². The topological polar surface area (TPSA) is 126 Å². The minimum atomic E-state index is -0.366. The number of nitrogens with zero attached hydrogens (tertiary/aromatic N) is 4. The third kappa shape index (κ3) is 11.2. The fraction of sp³-hybridized carbons (Fsp3) is 0.583. The Labute approximate surface area is 377 Å². The van der Waals surface area contributed by atoms with Crippen LogP contribution in [0.4, 0.5) is 0 Å². The number of benzene rings is 2. The number of amides is 2. The molecule has 0 radical (unpaired) electrons. The van der Waals surface area contributed by atoms with Crippen molar-refractivity contribution < 1.29 is 37.5 Å². The van der Waals surface area contributed by atoms with Crippen LogP contribution >= 0.6 is 24.8 Å². The van der Waals surface area contributed by atoms with E-state index < -0.39 is 0 Å². The molecule has 14 heteroatoms. The van der Waals surface area contributed by atoms with Gasteiger partial charge in [-0.15, -0.1) is 24.8 Å². The highest BCUT2D eigenvalue weighted by Gasteiger charge is 2.39. The number of carbonyl (C=O) groups excluding carboxylic acids is 4. The van der Waals surface area contributed by atoms with E-state index in [0.717, 1.165) is 123 Å². The molecule has 338 valence electrons. The number of carbonyl (C=O) groups is 4. The maximum atomic E-state index is 13.6. The standard InChI is InChI=1S/C48H62N4O8.2ClH/c1-49(45(53)27-35-9-7-15-43-37(35)21-25-57-43)39-11-3-5-13-41(39)51-23-19-33(29-51)31-59-47(55)17-18-48(56)60-32-34-20-24-52(30-34)42-14-6-4-12-40(42)50(2)46(54)28-36-10-8-16-44-38(36)22-26-58-44;;/h7-10,15-16,21-22,25-26,33-34,39-42H,3-6,11-14,17-20,23-24,27-32H2,1-2H3;2*1H/t33?,34?,39-,40+,41-,42+;;. The van der Waals surface area contributed by atoms with E-state index in [9.17, 15) is 19.2 Å². The van der Waals surface area contributed by atoms with Crippen molar-refractivity contribution in [3.8, 4) is 0 Å². The Morgan fingerprint density at radius 2 is 1.02 bits per heavy atom. The quantitative estimate of drug-likeness (QED) is 0.109. The lowest BCUT2D eigenvalue weighted by molar-refractivity contribution is -0.151. The molecule has 2 saturated heterocycles. The monoisotopic (exact) mass is 894 g/mol. The molecule has 2 amide bonds. The second-order valence-corrected chi connectivity index (χ2v) is 17.9. The van der Waals surface area contributed by atoms with E-state index in [-0.39, 0.29) is 97.4 Å². The van der Waals surface area contributed by atoms with Gasteiger partial charge in [0, 0.05) is 74.0 Å². The summed E-state index contributed by atoms with van der Waals surface area (Å²) >= 11 is 0. The van der Waals surface area contributed by atoms with E-state index in [0.29, 0.717) is 26.1 Å². The van der Waals surface area contributed by atoms with Crippen LogP contribution < -0.4 is 0 Å². The van der Waals surface area contributed by atoms with Gasteiger partial charge in [-0.2, -0.15) is 0 Å². The van der Waals surface area contributed by atoms with E-state index in [4.69, 9.17) is 18.3 Å². The van der Waals surface area contributed by atoms with Gasteiger partial charge in [-0.3, -0.25) is 29.0 Å². The summed E-state index contributed by atoms with van der Waals surface area (Å²) in [4.78, 5) is 61.6. The molecule has 62 heavy (non-hydrogen) atoms. The molecule has 4 aromatic rings. The Hall–Kier alpha value is -4.10. The van der Waals surface area contributed by atoms with E-state index >= 15 is 0 Å². The number of ether oxygens (including phenoxy) is 2. The average Bonchev–Trinajstić information content (AvgIpc) is 4.12. The molecular weight excluding hydrogens is 831 g/mol. The van der Waals surface area contributed by atoms with Crippen LogP contribution in [0, 0.1) is 11.8 Å². The lowest BCUT2D eigenvalue weighted by atomic mass is 9.88. The largest absolute Gasteiger partial charge is 0.465 e. The number of halogens is 2.